The second-order valence-corrected chi connectivity index (χ2v) is 7.66. The van der Waals surface area contributed by atoms with Gasteiger partial charge in [-0.1, -0.05) is 34.1 Å². The minimum absolute atomic E-state index is 0.385. The fourth-order valence-corrected chi connectivity index (χ4v) is 4.19. The molecule has 0 saturated heterocycles. The summed E-state index contributed by atoms with van der Waals surface area (Å²) in [5, 5.41) is 0. The molecule has 1 aliphatic heterocycles. The molecule has 3 aromatic rings. The van der Waals surface area contributed by atoms with Gasteiger partial charge in [0.15, 0.2) is 0 Å². The van der Waals surface area contributed by atoms with Crippen LogP contribution < -0.4 is 11.1 Å². The summed E-state index contributed by atoms with van der Waals surface area (Å²) in [4.78, 5) is 30.5. The van der Waals surface area contributed by atoms with E-state index in [1.807, 2.05) is 0 Å². The first-order chi connectivity index (χ1) is 13.2. The number of nitrogens with one attached hydrogen (secondary N) is 2. The Balaban J connectivity index is 1.65. The zero-order valence-corrected chi connectivity index (χ0v) is 16.1. The molecule has 0 saturated carbocycles. The van der Waals surface area contributed by atoms with Crippen molar-refractivity contribution in [2.45, 2.75) is 25.7 Å². The topological polar surface area (TPSA) is 69.0 Å². The lowest BCUT2D eigenvalue weighted by atomic mass is 9.97. The summed E-state index contributed by atoms with van der Waals surface area (Å²) < 4.78 is 39.6. The normalized spacial score (nSPS) is 15.0. The van der Waals surface area contributed by atoms with Crippen LogP contribution in [0.2, 0.25) is 0 Å². The van der Waals surface area contributed by atoms with E-state index < -0.39 is 22.9 Å². The summed E-state index contributed by atoms with van der Waals surface area (Å²) in [5.41, 5.74) is 1.54. The van der Waals surface area contributed by atoms with Crippen LogP contribution >= 0.6 is 15.9 Å². The van der Waals surface area contributed by atoms with Crippen molar-refractivity contribution >= 4 is 27.0 Å². The maximum Gasteiger partial charge on any atom is 0.416 e. The number of benzene rings is 2. The average Bonchev–Trinajstić information content (AvgIpc) is 2.63. The van der Waals surface area contributed by atoms with E-state index in [1.165, 1.54) is 12.1 Å². The lowest BCUT2D eigenvalue weighted by Gasteiger charge is -2.30. The molecular formula is C19H15BrF3N3O2. The fraction of sp³-hybridized carbons (Fsp3) is 0.263. The van der Waals surface area contributed by atoms with Gasteiger partial charge in [-0.05, 0) is 35.2 Å². The zero-order chi connectivity index (χ0) is 20.1. The van der Waals surface area contributed by atoms with Gasteiger partial charge in [0, 0.05) is 24.1 Å². The van der Waals surface area contributed by atoms with E-state index in [2.05, 4.69) is 30.8 Å². The van der Waals surface area contributed by atoms with Crippen LogP contribution in [0.4, 0.5) is 13.2 Å². The van der Waals surface area contributed by atoms with Gasteiger partial charge in [0.05, 0.1) is 16.6 Å². The number of halogens is 4. The molecule has 9 heteroatoms. The molecule has 28 heavy (non-hydrogen) atoms. The molecule has 146 valence electrons. The molecule has 0 spiro atoms. The standard InChI is InChI=1S/C19H15BrF3N3O2/c20-14-7-15-16(25-18(28)17(27)24-15)12-4-5-26(9-13(12)14)8-10-2-1-3-11(6-10)19(21,22)23/h1-3,6-7H,4-5,8-9H2,(H,24,27)(H,25,28). The van der Waals surface area contributed by atoms with Crippen LogP contribution in [-0.2, 0) is 25.7 Å². The van der Waals surface area contributed by atoms with E-state index in [0.717, 1.165) is 21.7 Å². The van der Waals surface area contributed by atoms with E-state index in [4.69, 9.17) is 0 Å². The van der Waals surface area contributed by atoms with E-state index in [-0.39, 0.29) is 0 Å². The lowest BCUT2D eigenvalue weighted by Crippen LogP contribution is -2.33. The molecule has 0 unspecified atom stereocenters. The van der Waals surface area contributed by atoms with Crippen molar-refractivity contribution in [2.24, 2.45) is 0 Å². The number of aromatic amines is 2. The molecule has 0 amide bonds. The number of hydrogen-bond acceptors (Lipinski definition) is 3. The zero-order valence-electron chi connectivity index (χ0n) is 14.5. The summed E-state index contributed by atoms with van der Waals surface area (Å²) in [7, 11) is 0. The largest absolute Gasteiger partial charge is 0.416 e. The van der Waals surface area contributed by atoms with Crippen molar-refractivity contribution in [3.8, 4) is 0 Å². The maximum absolute atomic E-state index is 12.9. The van der Waals surface area contributed by atoms with Crippen LogP contribution in [0.1, 0.15) is 22.3 Å². The molecule has 0 fully saturated rings. The summed E-state index contributed by atoms with van der Waals surface area (Å²) in [6, 6.07) is 7.07. The van der Waals surface area contributed by atoms with Gasteiger partial charge in [-0.3, -0.25) is 14.5 Å². The highest BCUT2D eigenvalue weighted by molar-refractivity contribution is 9.10. The van der Waals surface area contributed by atoms with Crippen LogP contribution in [0.3, 0.4) is 0 Å². The number of H-pyrrole nitrogens is 2. The first-order valence-electron chi connectivity index (χ1n) is 8.57. The van der Waals surface area contributed by atoms with Crippen molar-refractivity contribution in [1.82, 2.24) is 14.9 Å². The number of aromatic nitrogens is 2. The Hall–Kier alpha value is -2.39. The highest BCUT2D eigenvalue weighted by atomic mass is 79.9. The molecule has 1 aromatic heterocycles. The minimum atomic E-state index is -4.37. The Bertz CT molecular complexity index is 1180. The molecule has 0 radical (unpaired) electrons. The fourth-order valence-electron chi connectivity index (χ4n) is 3.59. The summed E-state index contributed by atoms with van der Waals surface area (Å²) in [5.74, 6) is 0. The Morgan fingerprint density at radius 2 is 1.82 bits per heavy atom. The smallest absolute Gasteiger partial charge is 0.316 e. The van der Waals surface area contributed by atoms with Gasteiger partial charge in [-0.25, -0.2) is 0 Å². The van der Waals surface area contributed by atoms with Crippen LogP contribution in [0.25, 0.3) is 11.0 Å². The van der Waals surface area contributed by atoms with E-state index >= 15 is 0 Å². The average molecular weight is 454 g/mol. The second-order valence-electron chi connectivity index (χ2n) is 6.81. The van der Waals surface area contributed by atoms with Gasteiger partial charge in [0.2, 0.25) is 0 Å². The van der Waals surface area contributed by atoms with Gasteiger partial charge in [0.25, 0.3) is 0 Å². The second kappa shape index (κ2) is 6.89. The predicted octanol–water partition coefficient (Wildman–Crippen LogP) is 3.56. The third-order valence-corrected chi connectivity index (χ3v) is 5.62. The molecule has 1 aliphatic rings. The van der Waals surface area contributed by atoms with Gasteiger partial charge >= 0.3 is 17.3 Å². The summed E-state index contributed by atoms with van der Waals surface area (Å²) in [6.45, 7) is 1.52. The SMILES string of the molecule is O=c1[nH]c2cc(Br)c3c(c2[nH]c1=O)CCN(Cc1cccc(C(F)(F)F)c1)C3. The highest BCUT2D eigenvalue weighted by Crippen LogP contribution is 2.33. The minimum Gasteiger partial charge on any atom is -0.316 e. The summed E-state index contributed by atoms with van der Waals surface area (Å²) >= 11 is 3.51. The van der Waals surface area contributed by atoms with Crippen LogP contribution in [0.15, 0.2) is 44.4 Å². The number of hydrogen-bond donors (Lipinski definition) is 2. The third-order valence-electron chi connectivity index (χ3n) is 4.91. The van der Waals surface area contributed by atoms with Crippen LogP contribution in [0.5, 0.6) is 0 Å². The van der Waals surface area contributed by atoms with E-state index in [9.17, 15) is 22.8 Å². The Kier molecular flexibility index (Phi) is 4.67. The number of alkyl halides is 3. The predicted molar refractivity (Wildman–Crippen MR) is 102 cm³/mol. The van der Waals surface area contributed by atoms with Crippen molar-refractivity contribution in [3.63, 3.8) is 0 Å². The van der Waals surface area contributed by atoms with E-state index in [1.54, 1.807) is 12.1 Å². The monoisotopic (exact) mass is 453 g/mol. The molecular weight excluding hydrogens is 439 g/mol. The molecule has 2 N–H and O–H groups in total. The van der Waals surface area contributed by atoms with Crippen molar-refractivity contribution < 1.29 is 13.2 Å². The van der Waals surface area contributed by atoms with Gasteiger partial charge < -0.3 is 9.97 Å². The number of fused-ring (bicyclic) bond motifs is 3. The highest BCUT2D eigenvalue weighted by Gasteiger charge is 2.30. The molecule has 2 heterocycles. The number of rotatable bonds is 2. The number of nitrogens with zero attached hydrogens (tertiary/aromatic N) is 1. The molecule has 2 aromatic carbocycles. The van der Waals surface area contributed by atoms with Crippen LogP contribution in [-0.4, -0.2) is 21.4 Å². The van der Waals surface area contributed by atoms with E-state index in [0.29, 0.717) is 42.7 Å². The van der Waals surface area contributed by atoms with Gasteiger partial charge in [-0.2, -0.15) is 13.2 Å². The summed E-state index contributed by atoms with van der Waals surface area (Å²) in [6.07, 6.45) is -3.76. The Morgan fingerprint density at radius 3 is 2.57 bits per heavy atom. The first-order valence-corrected chi connectivity index (χ1v) is 9.37. The molecule has 5 nitrogen and oxygen atoms in total. The van der Waals surface area contributed by atoms with Crippen molar-refractivity contribution in [3.05, 3.63) is 77.8 Å². The molecule has 4 rings (SSSR count). The quantitative estimate of drug-likeness (QED) is 0.583. The van der Waals surface area contributed by atoms with Crippen LogP contribution in [0, 0.1) is 0 Å². The Morgan fingerprint density at radius 1 is 1.07 bits per heavy atom. The Labute approximate surface area is 165 Å². The first kappa shape index (κ1) is 18.9. The molecule has 0 atom stereocenters. The van der Waals surface area contributed by atoms with Gasteiger partial charge in [-0.15, -0.1) is 0 Å². The maximum atomic E-state index is 12.9. The van der Waals surface area contributed by atoms with Gasteiger partial charge in [0.1, 0.15) is 0 Å². The molecule has 0 aliphatic carbocycles. The van der Waals surface area contributed by atoms with Crippen molar-refractivity contribution in [1.29, 1.82) is 0 Å². The lowest BCUT2D eigenvalue weighted by molar-refractivity contribution is -0.137. The molecule has 0 bridgehead atoms. The third kappa shape index (κ3) is 3.51. The van der Waals surface area contributed by atoms with Crippen molar-refractivity contribution in [2.75, 3.05) is 6.54 Å².